The number of halogens is 1. The smallest absolute Gasteiger partial charge is 0.373 e. The van der Waals surface area contributed by atoms with Crippen LogP contribution in [0.4, 0.5) is 3.89 Å². The molecule has 2 rings (SSSR count). The summed E-state index contributed by atoms with van der Waals surface area (Å²) in [5, 5.41) is 0. The molecule has 0 aromatic heterocycles. The Kier molecular flexibility index (Phi) is 4.96. The highest BCUT2D eigenvalue weighted by atomic mass is 32.3. The zero-order valence-corrected chi connectivity index (χ0v) is 13.5. The van der Waals surface area contributed by atoms with Crippen LogP contribution in [0.3, 0.4) is 0 Å². The van der Waals surface area contributed by atoms with E-state index in [9.17, 15) is 16.5 Å². The van der Waals surface area contributed by atoms with E-state index in [0.29, 0.717) is 5.56 Å². The summed E-state index contributed by atoms with van der Waals surface area (Å²) in [7, 11) is -9.11. The van der Waals surface area contributed by atoms with Gasteiger partial charge in [0.1, 0.15) is 17.2 Å². The van der Waals surface area contributed by atoms with E-state index in [1.54, 1.807) is 6.07 Å². The van der Waals surface area contributed by atoms with Crippen LogP contribution in [0, 0.1) is 17.1 Å². The van der Waals surface area contributed by atoms with Crippen molar-refractivity contribution >= 4 is 20.8 Å². The largest absolute Gasteiger partial charge is 0.500 e. The topological polar surface area (TPSA) is 103 Å². The van der Waals surface area contributed by atoms with Crippen LogP contribution in [-0.4, -0.2) is 12.6 Å². The molecule has 1 N–H and O–H groups in total. The van der Waals surface area contributed by atoms with E-state index in [4.69, 9.17) is 19.6 Å². The summed E-state index contributed by atoms with van der Waals surface area (Å²) in [6.07, 6.45) is 5.21. The van der Waals surface area contributed by atoms with Crippen molar-refractivity contribution in [3.63, 3.8) is 0 Å². The van der Waals surface area contributed by atoms with Gasteiger partial charge in [-0.2, -0.15) is 8.99 Å². The second-order valence-electron chi connectivity index (χ2n) is 4.24. The lowest BCUT2D eigenvalue weighted by atomic mass is 10.2. The Morgan fingerprint density at radius 1 is 0.917 bits per heavy atom. The van der Waals surface area contributed by atoms with Crippen molar-refractivity contribution in [3.8, 4) is 29.6 Å². The first kappa shape index (κ1) is 17.6. The fraction of sp³-hybridized carbons (Fsp3) is 0. The van der Waals surface area contributed by atoms with Gasteiger partial charge < -0.3 is 12.5 Å². The minimum atomic E-state index is -4.67. The van der Waals surface area contributed by atoms with Crippen molar-refractivity contribution in [2.24, 2.45) is 0 Å². The summed E-state index contributed by atoms with van der Waals surface area (Å²) >= 11 is 0. The Morgan fingerprint density at radius 2 is 1.46 bits per heavy atom. The molecule has 2 aromatic rings. The molecule has 1 atom stereocenters. The van der Waals surface area contributed by atoms with Crippen LogP contribution in [0.5, 0.6) is 17.2 Å². The Bertz CT molecular complexity index is 979. The maximum absolute atomic E-state index is 12.6. The summed E-state index contributed by atoms with van der Waals surface area (Å²) in [6, 6.07) is 10.2. The second kappa shape index (κ2) is 6.77. The normalized spacial score (nSPS) is 13.3. The number of rotatable bonds is 6. The number of nitrogens with one attached hydrogen (secondary N) is 1. The van der Waals surface area contributed by atoms with Gasteiger partial charge in [-0.25, -0.2) is 0 Å². The van der Waals surface area contributed by atoms with Crippen LogP contribution < -0.4 is 12.5 Å². The molecule has 0 spiro atoms. The summed E-state index contributed by atoms with van der Waals surface area (Å²) in [4.78, 5) is 0. The molecule has 0 heterocycles. The van der Waals surface area contributed by atoms with Gasteiger partial charge in [-0.3, -0.25) is 0 Å². The zero-order valence-electron chi connectivity index (χ0n) is 11.8. The third-order valence-electron chi connectivity index (χ3n) is 2.42. The Balaban J connectivity index is 2.10. The fourth-order valence-corrected chi connectivity index (χ4v) is 2.64. The minimum absolute atomic E-state index is 0.0308. The van der Waals surface area contributed by atoms with E-state index in [0.717, 1.165) is 24.3 Å². The van der Waals surface area contributed by atoms with E-state index < -0.39 is 20.8 Å². The van der Waals surface area contributed by atoms with Crippen molar-refractivity contribution in [3.05, 3.63) is 54.1 Å². The van der Waals surface area contributed by atoms with Gasteiger partial charge in [0.05, 0.1) is 0 Å². The number of terminal acetylenes is 1. The molecule has 0 bridgehead atoms. The minimum Gasteiger partial charge on any atom is -0.373 e. The van der Waals surface area contributed by atoms with Crippen LogP contribution in [0.25, 0.3) is 0 Å². The molecule has 10 heteroatoms. The van der Waals surface area contributed by atoms with E-state index >= 15 is 0 Å². The van der Waals surface area contributed by atoms with Crippen molar-refractivity contribution in [2.45, 2.75) is 0 Å². The van der Waals surface area contributed by atoms with Gasteiger partial charge in [0, 0.05) is 5.56 Å². The molecule has 0 fully saturated rings. The average molecular weight is 371 g/mol. The van der Waals surface area contributed by atoms with Crippen molar-refractivity contribution in [2.75, 3.05) is 0 Å². The molecular formula is C14H10FNO6S2. The van der Waals surface area contributed by atoms with Gasteiger partial charge in [-0.15, -0.1) is 14.8 Å². The Labute approximate surface area is 138 Å². The molecule has 0 radical (unpaired) electrons. The first-order valence-corrected chi connectivity index (χ1v) is 8.87. The highest BCUT2D eigenvalue weighted by Crippen LogP contribution is 2.22. The monoisotopic (exact) mass is 371 g/mol. The first-order chi connectivity index (χ1) is 11.2. The van der Waals surface area contributed by atoms with Crippen molar-refractivity contribution < 1.29 is 29.1 Å². The van der Waals surface area contributed by atoms with Gasteiger partial charge in [0.2, 0.25) is 0 Å². The van der Waals surface area contributed by atoms with E-state index in [2.05, 4.69) is 10.1 Å². The predicted molar refractivity (Wildman–Crippen MR) is 83.6 cm³/mol. The molecule has 0 aliphatic rings. The fourth-order valence-electron chi connectivity index (χ4n) is 1.56. The highest BCUT2D eigenvalue weighted by Gasteiger charge is 2.16. The number of benzene rings is 2. The lowest BCUT2D eigenvalue weighted by Gasteiger charge is -2.08. The summed E-state index contributed by atoms with van der Waals surface area (Å²) < 4.78 is 66.9. The highest BCUT2D eigenvalue weighted by molar-refractivity contribution is 7.83. The molecule has 2 aromatic carbocycles. The van der Waals surface area contributed by atoms with Crippen LogP contribution in [0.1, 0.15) is 5.56 Å². The van der Waals surface area contributed by atoms with Gasteiger partial charge in [0.15, 0.2) is 0 Å². The standard InChI is InChI=1S/C14H10FNO6S2/c1-2-11-4-3-5-14(10-11)22-24(18,19)21-13-8-6-12(7-9-13)20-23(15,16)17/h1,3-10,16H. The molecular weight excluding hydrogens is 361 g/mol. The maximum Gasteiger partial charge on any atom is 0.500 e. The summed E-state index contributed by atoms with van der Waals surface area (Å²) in [6.45, 7) is 0. The molecule has 24 heavy (non-hydrogen) atoms. The molecule has 1 unspecified atom stereocenters. The van der Waals surface area contributed by atoms with Gasteiger partial charge in [0.25, 0.3) is 0 Å². The third kappa shape index (κ3) is 5.45. The molecule has 0 amide bonds. The molecule has 0 saturated carbocycles. The molecule has 0 saturated heterocycles. The second-order valence-corrected chi connectivity index (χ2v) is 6.43. The van der Waals surface area contributed by atoms with E-state index in [1.165, 1.54) is 18.2 Å². The predicted octanol–water partition coefficient (Wildman–Crippen LogP) is 2.60. The summed E-state index contributed by atoms with van der Waals surface area (Å²) in [5.41, 5.74) is 0.425. The van der Waals surface area contributed by atoms with Gasteiger partial charge in [-0.05, 0) is 42.5 Å². The lowest BCUT2D eigenvalue weighted by molar-refractivity contribution is 0.392. The number of hydrogen-bond acceptors (Lipinski definition) is 7. The quantitative estimate of drug-likeness (QED) is 0.618. The number of hydrogen-bond donors (Lipinski definition) is 1. The molecule has 0 aliphatic heterocycles. The van der Waals surface area contributed by atoms with Crippen molar-refractivity contribution in [1.29, 1.82) is 4.78 Å². The van der Waals surface area contributed by atoms with Crippen LogP contribution in [0.15, 0.2) is 48.5 Å². The Morgan fingerprint density at radius 3 is 2.00 bits per heavy atom. The summed E-state index contributed by atoms with van der Waals surface area (Å²) in [5.74, 6) is 1.90. The van der Waals surface area contributed by atoms with Crippen molar-refractivity contribution in [1.82, 2.24) is 0 Å². The lowest BCUT2D eigenvalue weighted by Crippen LogP contribution is -2.16. The molecule has 126 valence electrons. The SMILES string of the molecule is C#Cc1cccc(OS(=O)(=O)Oc2ccc(OS(=N)(=O)F)cc2)c1. The van der Waals surface area contributed by atoms with Gasteiger partial charge in [-0.1, -0.05) is 15.9 Å². The molecule has 7 nitrogen and oxygen atoms in total. The van der Waals surface area contributed by atoms with E-state index in [-0.39, 0.29) is 17.2 Å². The zero-order chi connectivity index (χ0) is 17.8. The average Bonchev–Trinajstić information content (AvgIpc) is 2.47. The maximum atomic E-state index is 12.6. The van der Waals surface area contributed by atoms with Crippen LogP contribution >= 0.6 is 0 Å². The van der Waals surface area contributed by atoms with Gasteiger partial charge >= 0.3 is 20.8 Å². The first-order valence-electron chi connectivity index (χ1n) is 6.15. The van der Waals surface area contributed by atoms with E-state index in [1.807, 2.05) is 0 Å². The van der Waals surface area contributed by atoms with Crippen LogP contribution in [0.2, 0.25) is 0 Å². The third-order valence-corrected chi connectivity index (χ3v) is 3.62. The molecule has 0 aliphatic carbocycles. The Hall–Kier alpha value is -2.77. The van der Waals surface area contributed by atoms with Crippen LogP contribution in [-0.2, 0) is 20.8 Å².